The van der Waals surface area contributed by atoms with Crippen LogP contribution >= 0.6 is 0 Å². The van der Waals surface area contributed by atoms with Gasteiger partial charge in [0.25, 0.3) is 0 Å². The Labute approximate surface area is 155 Å². The molecule has 1 fully saturated rings. The molecule has 1 saturated heterocycles. The van der Waals surface area contributed by atoms with Crippen LogP contribution in [-0.4, -0.2) is 26.9 Å². The molecule has 3 rings (SSSR count). The molecule has 0 spiro atoms. The number of hydrogen-bond donors (Lipinski definition) is 1. The molecule has 0 saturated carbocycles. The highest BCUT2D eigenvalue weighted by atomic mass is 32.2. The Balaban J connectivity index is 1.69. The number of nitrogens with one attached hydrogen (secondary N) is 1. The number of hydrogen-bond acceptors (Lipinski definition) is 2. The zero-order valence-corrected chi connectivity index (χ0v) is 16.1. The van der Waals surface area contributed by atoms with Gasteiger partial charge in [0.1, 0.15) is 11.0 Å². The Morgan fingerprint density at radius 2 is 2.00 bits per heavy atom. The van der Waals surface area contributed by atoms with Gasteiger partial charge in [0, 0.05) is 25.3 Å². The molecular formula is C19H25F3N2OS. The standard InChI is InChI=1S/C19H25F3N2OS/c1-18(2,3)26(25)23-17-8-7-14-11-24(12-16(14)17)10-13-5-4-6-15(9-13)19(20,21)22/h4-6,9,14,23H,7-8,10-12H2,1-3H3/t14-,26+/m1/s1. The molecule has 0 aromatic heterocycles. The molecule has 144 valence electrons. The summed E-state index contributed by atoms with van der Waals surface area (Å²) in [6, 6.07) is 5.55. The summed E-state index contributed by atoms with van der Waals surface area (Å²) in [4.78, 5) is 2.18. The lowest BCUT2D eigenvalue weighted by Crippen LogP contribution is -2.33. The van der Waals surface area contributed by atoms with Crippen LogP contribution in [0.5, 0.6) is 0 Å². The Hall–Kier alpha value is -1.34. The monoisotopic (exact) mass is 386 g/mol. The van der Waals surface area contributed by atoms with Crippen LogP contribution in [0, 0.1) is 5.92 Å². The van der Waals surface area contributed by atoms with E-state index in [1.807, 2.05) is 20.8 Å². The van der Waals surface area contributed by atoms with Crippen LogP contribution in [0.2, 0.25) is 0 Å². The second-order valence-corrected chi connectivity index (χ2v) is 10.1. The van der Waals surface area contributed by atoms with Gasteiger partial charge in [-0.15, -0.1) is 0 Å². The highest BCUT2D eigenvalue weighted by Gasteiger charge is 2.36. The maximum absolute atomic E-state index is 12.9. The van der Waals surface area contributed by atoms with Crippen LogP contribution in [-0.2, 0) is 23.7 Å². The molecule has 1 heterocycles. The molecular weight excluding hydrogens is 361 g/mol. The number of alkyl halides is 3. The predicted octanol–water partition coefficient (Wildman–Crippen LogP) is 4.24. The van der Waals surface area contributed by atoms with E-state index in [-0.39, 0.29) is 4.75 Å². The van der Waals surface area contributed by atoms with Crippen molar-refractivity contribution >= 4 is 11.0 Å². The van der Waals surface area contributed by atoms with Gasteiger partial charge in [-0.05, 0) is 56.7 Å². The van der Waals surface area contributed by atoms with Crippen LogP contribution in [0.25, 0.3) is 0 Å². The summed E-state index contributed by atoms with van der Waals surface area (Å²) in [7, 11) is -1.15. The van der Waals surface area contributed by atoms with Gasteiger partial charge in [-0.1, -0.05) is 18.2 Å². The van der Waals surface area contributed by atoms with E-state index in [0.29, 0.717) is 18.0 Å². The Morgan fingerprint density at radius 1 is 1.27 bits per heavy atom. The second kappa shape index (κ2) is 7.00. The molecule has 1 N–H and O–H groups in total. The summed E-state index contributed by atoms with van der Waals surface area (Å²) < 4.78 is 53.8. The van der Waals surface area contributed by atoms with Crippen LogP contribution in [0.4, 0.5) is 13.2 Å². The van der Waals surface area contributed by atoms with Crippen molar-refractivity contribution in [3.8, 4) is 0 Å². The highest BCUT2D eigenvalue weighted by molar-refractivity contribution is 7.84. The summed E-state index contributed by atoms with van der Waals surface area (Å²) in [5.74, 6) is 0.417. The van der Waals surface area contributed by atoms with E-state index in [1.54, 1.807) is 6.07 Å². The normalized spacial score (nSPS) is 22.6. The molecule has 1 aliphatic carbocycles. The molecule has 26 heavy (non-hydrogen) atoms. The molecule has 1 aromatic carbocycles. The van der Waals surface area contributed by atoms with Gasteiger partial charge in [0.15, 0.2) is 0 Å². The van der Waals surface area contributed by atoms with Crippen molar-refractivity contribution < 1.29 is 17.4 Å². The van der Waals surface area contributed by atoms with Gasteiger partial charge in [0.2, 0.25) is 0 Å². The number of nitrogens with zero attached hydrogens (tertiary/aromatic N) is 1. The van der Waals surface area contributed by atoms with Gasteiger partial charge in [0.05, 0.1) is 10.3 Å². The van der Waals surface area contributed by atoms with Crippen molar-refractivity contribution in [1.82, 2.24) is 9.62 Å². The Kier molecular flexibility index (Phi) is 5.23. The van der Waals surface area contributed by atoms with E-state index in [4.69, 9.17) is 0 Å². The minimum atomic E-state index is -4.31. The van der Waals surface area contributed by atoms with Crippen molar-refractivity contribution in [2.24, 2.45) is 5.92 Å². The van der Waals surface area contributed by atoms with Crippen molar-refractivity contribution in [2.45, 2.75) is 51.1 Å². The molecule has 7 heteroatoms. The van der Waals surface area contributed by atoms with E-state index in [1.165, 1.54) is 17.7 Å². The van der Waals surface area contributed by atoms with Crippen molar-refractivity contribution in [2.75, 3.05) is 13.1 Å². The number of fused-ring (bicyclic) bond motifs is 1. The van der Waals surface area contributed by atoms with E-state index in [0.717, 1.165) is 37.7 Å². The first-order valence-corrected chi connectivity index (χ1v) is 9.98. The number of likely N-dealkylation sites (tertiary alicyclic amines) is 1. The fourth-order valence-corrected chi connectivity index (χ4v) is 4.31. The first-order chi connectivity index (χ1) is 12.0. The van der Waals surface area contributed by atoms with E-state index >= 15 is 0 Å². The summed E-state index contributed by atoms with van der Waals surface area (Å²) in [5.41, 5.74) is 2.41. The molecule has 0 radical (unpaired) electrons. The first kappa shape index (κ1) is 19.4. The van der Waals surface area contributed by atoms with Crippen molar-refractivity contribution in [3.63, 3.8) is 0 Å². The average molecular weight is 386 g/mol. The number of benzene rings is 1. The zero-order valence-electron chi connectivity index (χ0n) is 15.3. The van der Waals surface area contributed by atoms with Gasteiger partial charge in [-0.3, -0.25) is 4.90 Å². The summed E-state index contributed by atoms with van der Waals surface area (Å²) in [5, 5.41) is 0. The minimum Gasteiger partial charge on any atom is -0.309 e. The SMILES string of the molecule is CC(C)(C)[S@](=O)NC1=C2CN(Cc3cccc(C(F)(F)F)c3)C[C@H]2CC1. The van der Waals surface area contributed by atoms with Crippen molar-refractivity contribution in [3.05, 3.63) is 46.7 Å². The number of rotatable bonds is 4. The maximum Gasteiger partial charge on any atom is 0.416 e. The first-order valence-electron chi connectivity index (χ1n) is 8.83. The lowest BCUT2D eigenvalue weighted by atomic mass is 10.1. The van der Waals surface area contributed by atoms with Gasteiger partial charge in [-0.25, -0.2) is 4.21 Å². The molecule has 1 aliphatic heterocycles. The number of halogens is 3. The fourth-order valence-electron chi connectivity index (χ4n) is 3.55. The molecule has 0 amide bonds. The minimum absolute atomic E-state index is 0.331. The predicted molar refractivity (Wildman–Crippen MR) is 97.5 cm³/mol. The van der Waals surface area contributed by atoms with E-state index in [2.05, 4.69) is 9.62 Å². The number of allylic oxidation sites excluding steroid dienone is 1. The third kappa shape index (κ3) is 4.31. The largest absolute Gasteiger partial charge is 0.416 e. The topological polar surface area (TPSA) is 32.3 Å². The van der Waals surface area contributed by atoms with Gasteiger partial charge < -0.3 is 4.72 Å². The van der Waals surface area contributed by atoms with Gasteiger partial charge >= 0.3 is 6.18 Å². The van der Waals surface area contributed by atoms with E-state index in [9.17, 15) is 17.4 Å². The quantitative estimate of drug-likeness (QED) is 0.840. The summed E-state index contributed by atoms with van der Waals surface area (Å²) in [6.45, 7) is 7.87. The smallest absolute Gasteiger partial charge is 0.309 e. The fraction of sp³-hybridized carbons (Fsp3) is 0.579. The third-order valence-corrected chi connectivity index (χ3v) is 6.47. The zero-order chi connectivity index (χ0) is 19.1. The molecule has 2 atom stereocenters. The van der Waals surface area contributed by atoms with E-state index < -0.39 is 22.7 Å². The van der Waals surface area contributed by atoms with Gasteiger partial charge in [-0.2, -0.15) is 13.2 Å². The second-order valence-electron chi connectivity index (χ2n) is 8.09. The molecule has 0 bridgehead atoms. The Bertz CT molecular complexity index is 737. The lowest BCUT2D eigenvalue weighted by Gasteiger charge is -2.21. The maximum atomic E-state index is 12.9. The Morgan fingerprint density at radius 3 is 2.65 bits per heavy atom. The molecule has 0 unspecified atom stereocenters. The lowest BCUT2D eigenvalue weighted by molar-refractivity contribution is -0.137. The third-order valence-electron chi connectivity index (χ3n) is 4.93. The van der Waals surface area contributed by atoms with Crippen molar-refractivity contribution in [1.29, 1.82) is 0 Å². The molecule has 3 nitrogen and oxygen atoms in total. The van der Waals surface area contributed by atoms with Crippen LogP contribution in [0.3, 0.4) is 0 Å². The van der Waals surface area contributed by atoms with Crippen LogP contribution in [0.15, 0.2) is 35.5 Å². The highest BCUT2D eigenvalue weighted by Crippen LogP contribution is 2.38. The van der Waals surface area contributed by atoms with Crippen LogP contribution < -0.4 is 4.72 Å². The summed E-state index contributed by atoms with van der Waals surface area (Å²) in [6.07, 6.45) is -2.40. The van der Waals surface area contributed by atoms with Crippen LogP contribution in [0.1, 0.15) is 44.7 Å². The molecule has 1 aromatic rings. The summed E-state index contributed by atoms with van der Waals surface area (Å²) >= 11 is 0. The average Bonchev–Trinajstić information content (AvgIpc) is 3.07. The molecule has 2 aliphatic rings.